The molecule has 1 heterocycles. The Kier molecular flexibility index (Phi) is 15.2. The molecule has 1 aliphatic rings. The summed E-state index contributed by atoms with van der Waals surface area (Å²) in [4.78, 5) is 0. The van der Waals surface area contributed by atoms with Gasteiger partial charge in [0.15, 0.2) is 0 Å². The number of thioether (sulfide) groups is 1. The van der Waals surface area contributed by atoms with E-state index in [4.69, 9.17) is 40.0 Å². The third kappa shape index (κ3) is 9.86. The van der Waals surface area contributed by atoms with Crippen LogP contribution in [-0.4, -0.2) is 70.3 Å². The van der Waals surface area contributed by atoms with Crippen LogP contribution in [0.4, 0.5) is 0 Å². The molecule has 1 fully saturated rings. The first kappa shape index (κ1) is 34.7. The Bertz CT molecular complexity index is 1200. The van der Waals surface area contributed by atoms with Gasteiger partial charge < -0.3 is 28.4 Å². The van der Waals surface area contributed by atoms with Crippen LogP contribution < -0.4 is 9.47 Å². The Balaban J connectivity index is 2.13. The highest BCUT2D eigenvalue weighted by atomic mass is 35.5. The molecular formula is C35H43ClO6S. The number of ether oxygens (including phenoxy) is 6. The lowest BCUT2D eigenvalue weighted by molar-refractivity contribution is -0.136. The first-order chi connectivity index (χ1) is 21.0. The summed E-state index contributed by atoms with van der Waals surface area (Å²) in [6.07, 6.45) is 8.04. The van der Waals surface area contributed by atoms with Crippen LogP contribution in [0.5, 0.6) is 11.5 Å². The van der Waals surface area contributed by atoms with E-state index in [1.807, 2.05) is 30.3 Å². The van der Waals surface area contributed by atoms with Gasteiger partial charge in [-0.2, -0.15) is 0 Å². The van der Waals surface area contributed by atoms with Crippen molar-refractivity contribution in [2.45, 2.75) is 35.2 Å². The average Bonchev–Trinajstić information content (AvgIpc) is 3.02. The van der Waals surface area contributed by atoms with Crippen molar-refractivity contribution in [2.24, 2.45) is 0 Å². The van der Waals surface area contributed by atoms with Crippen molar-refractivity contribution in [3.05, 3.63) is 121 Å². The molecule has 0 unspecified atom stereocenters. The summed E-state index contributed by atoms with van der Waals surface area (Å²) >= 11 is 8.58. The van der Waals surface area contributed by atoms with Gasteiger partial charge in [0.2, 0.25) is 0 Å². The third-order valence-corrected chi connectivity index (χ3v) is 8.69. The number of benzene rings is 2. The van der Waals surface area contributed by atoms with E-state index in [9.17, 15) is 0 Å². The lowest BCUT2D eigenvalue weighted by Crippen LogP contribution is -2.55. The van der Waals surface area contributed by atoms with Crippen LogP contribution in [0.3, 0.4) is 0 Å². The van der Waals surface area contributed by atoms with Crippen LogP contribution in [0.25, 0.3) is 0 Å². The van der Waals surface area contributed by atoms with Gasteiger partial charge in [-0.1, -0.05) is 60.7 Å². The molecule has 1 aliphatic heterocycles. The smallest absolute Gasteiger partial charge is 0.125 e. The van der Waals surface area contributed by atoms with E-state index in [0.29, 0.717) is 56.8 Å². The van der Waals surface area contributed by atoms with Gasteiger partial charge >= 0.3 is 0 Å². The maximum atomic E-state index is 6.86. The van der Waals surface area contributed by atoms with E-state index in [1.165, 1.54) is 0 Å². The van der Waals surface area contributed by atoms with E-state index >= 15 is 0 Å². The summed E-state index contributed by atoms with van der Waals surface area (Å²) in [5.74, 6) is 1.46. The quantitative estimate of drug-likeness (QED) is 0.111. The third-order valence-electron chi connectivity index (χ3n) is 6.77. The monoisotopic (exact) mass is 626 g/mol. The molecule has 43 heavy (non-hydrogen) atoms. The van der Waals surface area contributed by atoms with Gasteiger partial charge in [0.25, 0.3) is 0 Å². The minimum absolute atomic E-state index is 0.101. The van der Waals surface area contributed by atoms with Crippen LogP contribution in [0.1, 0.15) is 21.9 Å². The predicted octanol–water partition coefficient (Wildman–Crippen LogP) is 7.58. The van der Waals surface area contributed by atoms with Gasteiger partial charge in [-0.25, -0.2) is 0 Å². The highest BCUT2D eigenvalue weighted by Crippen LogP contribution is 2.50. The molecule has 2 aromatic carbocycles. The number of rotatable bonds is 20. The molecule has 0 aliphatic carbocycles. The first-order valence-corrected chi connectivity index (χ1v) is 15.5. The van der Waals surface area contributed by atoms with Crippen molar-refractivity contribution in [1.29, 1.82) is 0 Å². The topological polar surface area (TPSA) is 55.4 Å². The van der Waals surface area contributed by atoms with Crippen molar-refractivity contribution >= 4 is 23.4 Å². The molecule has 0 radical (unpaired) electrons. The molecular weight excluding hydrogens is 584 g/mol. The number of methoxy groups -OCH3 is 1. The lowest BCUT2D eigenvalue weighted by atomic mass is 9.93. The second-order valence-electron chi connectivity index (χ2n) is 9.79. The molecule has 0 spiro atoms. The molecule has 0 aromatic heterocycles. The minimum atomic E-state index is -0.450. The van der Waals surface area contributed by atoms with Crippen molar-refractivity contribution in [3.8, 4) is 11.5 Å². The Labute approximate surface area is 266 Å². The first-order valence-electron chi connectivity index (χ1n) is 14.2. The molecule has 8 heteroatoms. The van der Waals surface area contributed by atoms with Crippen LogP contribution >= 0.6 is 23.4 Å². The molecule has 0 saturated carbocycles. The van der Waals surface area contributed by atoms with Gasteiger partial charge in [-0.3, -0.25) is 0 Å². The van der Waals surface area contributed by atoms with Crippen molar-refractivity contribution in [3.63, 3.8) is 0 Å². The summed E-state index contributed by atoms with van der Waals surface area (Å²) in [6, 6.07) is 12.0. The van der Waals surface area contributed by atoms with E-state index in [0.717, 1.165) is 22.4 Å². The van der Waals surface area contributed by atoms with E-state index in [1.54, 1.807) is 49.3 Å². The highest BCUT2D eigenvalue weighted by Gasteiger charge is 2.49. The second kappa shape index (κ2) is 18.8. The van der Waals surface area contributed by atoms with Gasteiger partial charge in [-0.15, -0.1) is 38.1 Å². The van der Waals surface area contributed by atoms with Gasteiger partial charge in [0.05, 0.1) is 50.6 Å². The fourth-order valence-corrected chi connectivity index (χ4v) is 6.77. The van der Waals surface area contributed by atoms with Crippen molar-refractivity contribution in [2.75, 3.05) is 46.8 Å². The predicted molar refractivity (Wildman–Crippen MR) is 178 cm³/mol. The molecule has 1 saturated heterocycles. The molecule has 3 rings (SSSR count). The van der Waals surface area contributed by atoms with Gasteiger partial charge in [0, 0.05) is 10.6 Å². The Hall–Kier alpha value is -2.78. The van der Waals surface area contributed by atoms with Crippen LogP contribution in [-0.2, 0) is 25.4 Å². The Morgan fingerprint density at radius 2 is 1.37 bits per heavy atom. The molecule has 0 bridgehead atoms. The number of halogens is 1. The van der Waals surface area contributed by atoms with Crippen molar-refractivity contribution < 1.29 is 28.4 Å². The molecule has 5 atom stereocenters. The zero-order valence-electron chi connectivity index (χ0n) is 25.0. The maximum absolute atomic E-state index is 6.86. The summed E-state index contributed by atoms with van der Waals surface area (Å²) in [6.45, 7) is 21.4. The summed E-state index contributed by atoms with van der Waals surface area (Å²) in [5.41, 5.74) is 3.01. The fourth-order valence-electron chi connectivity index (χ4n) is 4.89. The molecule has 0 amide bonds. The van der Waals surface area contributed by atoms with Crippen LogP contribution in [0, 0.1) is 0 Å². The van der Waals surface area contributed by atoms with Gasteiger partial charge in [0.1, 0.15) is 36.4 Å². The highest BCUT2D eigenvalue weighted by molar-refractivity contribution is 8.00. The van der Waals surface area contributed by atoms with E-state index in [-0.39, 0.29) is 16.6 Å². The van der Waals surface area contributed by atoms with E-state index < -0.39 is 12.2 Å². The van der Waals surface area contributed by atoms with Crippen molar-refractivity contribution in [1.82, 2.24) is 0 Å². The molecule has 0 N–H and O–H groups in total. The molecule has 6 nitrogen and oxygen atoms in total. The fraction of sp³-hybridized carbons (Fsp3) is 0.371. The molecule has 232 valence electrons. The van der Waals surface area contributed by atoms with Crippen LogP contribution in [0.2, 0.25) is 5.02 Å². The summed E-state index contributed by atoms with van der Waals surface area (Å²) < 4.78 is 36.7. The minimum Gasteiger partial charge on any atom is -0.497 e. The second-order valence-corrected chi connectivity index (χ2v) is 11.6. The Morgan fingerprint density at radius 1 is 0.767 bits per heavy atom. The number of hydrogen-bond acceptors (Lipinski definition) is 7. The molecule has 2 aromatic rings. The zero-order valence-corrected chi connectivity index (χ0v) is 26.5. The van der Waals surface area contributed by atoms with Crippen LogP contribution in [0.15, 0.2) is 99.7 Å². The largest absolute Gasteiger partial charge is 0.497 e. The normalized spacial score (nSPS) is 21.5. The maximum Gasteiger partial charge on any atom is 0.125 e. The average molecular weight is 627 g/mol. The standard InChI is InChI=1S/C35H43ClO6S/c1-7-16-38-24-31-32(40-18-9-3)33(41-19-10-4)34(42-20-11-5)35(43-31)28-22-26(29(36)23-30(28)39-17-8-2)21-25-12-14-27(37-6)15-13-25/h7-15,22-23,31-35H,1-5,16-21,24H2,6H3/t31-,32-,33+,34-,35+/m1/s1. The SMILES string of the molecule is C=CCOC[C@H]1S[C@@H](c2cc(Cc3ccc(OC)cc3)c(Cl)cc2OCC=C)[C@H](OCC=C)[C@@H](OCC=C)[C@@H]1OCC=C. The number of hydrogen-bond donors (Lipinski definition) is 0. The lowest BCUT2D eigenvalue weighted by Gasteiger charge is -2.46. The van der Waals surface area contributed by atoms with E-state index in [2.05, 4.69) is 39.0 Å². The van der Waals surface area contributed by atoms with Gasteiger partial charge in [-0.05, 0) is 41.8 Å². The Morgan fingerprint density at radius 3 is 1.98 bits per heavy atom. The zero-order chi connectivity index (χ0) is 31.0. The summed E-state index contributed by atoms with van der Waals surface area (Å²) in [5, 5.41) is 0.291. The summed E-state index contributed by atoms with van der Waals surface area (Å²) in [7, 11) is 1.65.